The monoisotopic (exact) mass is 655 g/mol. The van der Waals surface area contributed by atoms with Gasteiger partial charge in [-0.1, -0.05) is 32.9 Å². The maximum Gasteiger partial charge on any atom is 0.0728 e. The Kier molecular flexibility index (Phi) is 4.94. The van der Waals surface area contributed by atoms with Gasteiger partial charge in [-0.25, -0.2) is 0 Å². The molecule has 8 aliphatic carbocycles. The first-order chi connectivity index (χ1) is 24.1. The largest absolute Gasteiger partial charge is 0.305 e. The van der Waals surface area contributed by atoms with Crippen LogP contribution in [0.4, 0.5) is 0 Å². The van der Waals surface area contributed by atoms with Gasteiger partial charge in [0.15, 0.2) is 0 Å². The highest BCUT2D eigenvalue weighted by atomic mass is 15.0. The topological polar surface area (TPSA) is 30.2 Å². The first kappa shape index (κ1) is 28.2. The van der Waals surface area contributed by atoms with Gasteiger partial charge >= 0.3 is 0 Å². The summed E-state index contributed by atoms with van der Waals surface area (Å²) in [6.07, 6.45) is 18.6. The number of benzene rings is 2. The van der Waals surface area contributed by atoms with E-state index < -0.39 is 0 Å². The van der Waals surface area contributed by atoms with Crippen LogP contribution in [0, 0.1) is 42.9 Å². The van der Waals surface area contributed by atoms with Gasteiger partial charge in [-0.2, -0.15) is 0 Å². The van der Waals surface area contributed by atoms with Gasteiger partial charge in [0, 0.05) is 44.8 Å². The van der Waals surface area contributed by atoms with Gasteiger partial charge in [0.2, 0.25) is 0 Å². The lowest BCUT2D eigenvalue weighted by Crippen LogP contribution is -2.41. The summed E-state index contributed by atoms with van der Waals surface area (Å²) in [5, 5.41) is 6.05. The number of hydrogen-bond acceptors (Lipinski definition) is 2. The molecule has 252 valence electrons. The second-order valence-corrected chi connectivity index (χ2v) is 20.1. The van der Waals surface area contributed by atoms with E-state index in [0.29, 0.717) is 29.1 Å². The minimum Gasteiger partial charge on any atom is -0.305 e. The summed E-state index contributed by atoms with van der Waals surface area (Å²) >= 11 is 0. The molecule has 0 amide bonds. The predicted molar refractivity (Wildman–Crippen MR) is 204 cm³/mol. The van der Waals surface area contributed by atoms with E-state index in [9.17, 15) is 0 Å². The number of fused-ring (bicyclic) bond motifs is 12. The number of rotatable bonds is 1. The molecule has 7 atom stereocenters. The third kappa shape index (κ3) is 3.20. The van der Waals surface area contributed by atoms with E-state index in [1.165, 1.54) is 136 Å². The standard InChI is InChI=1S/C47H49N3/c1-22-6-31(46(3,4)5)7-23(2)38(22)27-15-34-41-36(20-48-43-28-11-24-8-25(12-28)10-26(9-24)39(41)43)50-37-21-49-44-30-14-33-17-32-13-29(18-47(32,33)19-30)40(44)42(37)35(16-27)45(34)50/h6-7,15-16,20-21,24-26,28-30,32-33H,8-14,17-19H2,1-5H3. The second kappa shape index (κ2) is 8.76. The molecule has 7 bridgehead atoms. The zero-order valence-corrected chi connectivity index (χ0v) is 30.5. The molecule has 5 saturated carbocycles. The fourth-order valence-electron chi connectivity index (χ4n) is 15.0. The molecule has 0 saturated heterocycles. The van der Waals surface area contributed by atoms with Crippen LogP contribution in [0.5, 0.6) is 0 Å². The van der Waals surface area contributed by atoms with Crippen LogP contribution in [-0.2, 0) is 5.41 Å². The summed E-state index contributed by atoms with van der Waals surface area (Å²) in [5.74, 6) is 6.31. The van der Waals surface area contributed by atoms with Gasteiger partial charge in [-0.3, -0.25) is 9.97 Å². The van der Waals surface area contributed by atoms with Gasteiger partial charge < -0.3 is 4.40 Å². The van der Waals surface area contributed by atoms with Crippen molar-refractivity contribution in [2.24, 2.45) is 29.1 Å². The van der Waals surface area contributed by atoms with Crippen LogP contribution in [0.15, 0.2) is 36.7 Å². The molecule has 4 heterocycles. The summed E-state index contributed by atoms with van der Waals surface area (Å²) in [5.41, 5.74) is 18.2. The molecule has 3 nitrogen and oxygen atoms in total. The maximum absolute atomic E-state index is 5.53. The lowest BCUT2D eigenvalue weighted by molar-refractivity contribution is 0.00321. The Hall–Kier alpha value is -3.46. The molecule has 50 heavy (non-hydrogen) atoms. The third-order valence-corrected chi connectivity index (χ3v) is 16.6. The normalized spacial score (nSPS) is 34.6. The van der Waals surface area contributed by atoms with Crippen molar-refractivity contribution < 1.29 is 0 Å². The Morgan fingerprint density at radius 3 is 1.84 bits per heavy atom. The zero-order valence-electron chi connectivity index (χ0n) is 30.5. The minimum atomic E-state index is 0.130. The van der Waals surface area contributed by atoms with Gasteiger partial charge in [-0.05, 0) is 175 Å². The fraction of sp³-hybridized carbons (Fsp3) is 0.532. The zero-order chi connectivity index (χ0) is 33.2. The highest BCUT2D eigenvalue weighted by Crippen LogP contribution is 2.76. The molecule has 6 aromatic rings. The average molecular weight is 656 g/mol. The number of aromatic nitrogens is 3. The van der Waals surface area contributed by atoms with Gasteiger partial charge in [0.1, 0.15) is 0 Å². The lowest BCUT2D eigenvalue weighted by atomic mass is 9.56. The summed E-state index contributed by atoms with van der Waals surface area (Å²) in [7, 11) is 0. The Morgan fingerprint density at radius 2 is 1.20 bits per heavy atom. The molecule has 7 unspecified atom stereocenters. The summed E-state index contributed by atoms with van der Waals surface area (Å²) in [4.78, 5) is 11.0. The van der Waals surface area contributed by atoms with Crippen molar-refractivity contribution in [1.29, 1.82) is 0 Å². The van der Waals surface area contributed by atoms with Crippen LogP contribution in [0.2, 0.25) is 0 Å². The van der Waals surface area contributed by atoms with Crippen molar-refractivity contribution in [3.05, 3.63) is 75.9 Å². The van der Waals surface area contributed by atoms with E-state index in [4.69, 9.17) is 9.97 Å². The molecule has 0 radical (unpaired) electrons. The Labute approximate surface area is 295 Å². The number of aryl methyl sites for hydroxylation is 2. The van der Waals surface area contributed by atoms with Gasteiger partial charge in [-0.15, -0.1) is 0 Å². The first-order valence-electron chi connectivity index (χ1n) is 20.3. The SMILES string of the molecule is Cc1cc(C(C)(C)C)cc(C)c1-c1cc2c3c4c(ncc3n3c5cnc6c(c5c(c1)c23)C1CC2CC3CC6CC32C1)C1CC2CC(C1)CC4C2. The molecular formula is C47H49N3. The van der Waals surface area contributed by atoms with Gasteiger partial charge in [0.05, 0.1) is 28.9 Å². The molecule has 2 aromatic carbocycles. The quantitative estimate of drug-likeness (QED) is 0.176. The summed E-state index contributed by atoms with van der Waals surface area (Å²) < 4.78 is 2.66. The van der Waals surface area contributed by atoms with Crippen LogP contribution in [0.25, 0.3) is 49.2 Å². The number of hydrogen-bond donors (Lipinski definition) is 0. The Morgan fingerprint density at radius 1 is 0.640 bits per heavy atom. The van der Waals surface area contributed by atoms with Crippen LogP contribution in [0.3, 0.4) is 0 Å². The molecule has 8 aliphatic rings. The highest BCUT2D eigenvalue weighted by molar-refractivity contribution is 6.26. The molecular weight excluding hydrogens is 607 g/mol. The van der Waals surface area contributed by atoms with Crippen molar-refractivity contribution in [3.8, 4) is 11.1 Å². The lowest BCUT2D eigenvalue weighted by Gasteiger charge is -2.48. The third-order valence-electron chi connectivity index (χ3n) is 16.6. The van der Waals surface area contributed by atoms with Gasteiger partial charge in [0.25, 0.3) is 0 Å². The smallest absolute Gasteiger partial charge is 0.0728 e. The van der Waals surface area contributed by atoms with Crippen LogP contribution < -0.4 is 0 Å². The van der Waals surface area contributed by atoms with E-state index in [-0.39, 0.29) is 5.41 Å². The van der Waals surface area contributed by atoms with Crippen molar-refractivity contribution in [3.63, 3.8) is 0 Å². The summed E-state index contributed by atoms with van der Waals surface area (Å²) in [6.45, 7) is 11.8. The molecule has 4 aromatic heterocycles. The van der Waals surface area contributed by atoms with E-state index >= 15 is 0 Å². The van der Waals surface area contributed by atoms with Crippen LogP contribution in [0.1, 0.15) is 148 Å². The molecule has 1 spiro atoms. The van der Waals surface area contributed by atoms with Crippen LogP contribution in [-0.4, -0.2) is 14.4 Å². The minimum absolute atomic E-state index is 0.130. The van der Waals surface area contributed by atoms with Crippen molar-refractivity contribution in [1.82, 2.24) is 14.4 Å². The molecule has 3 heteroatoms. The van der Waals surface area contributed by atoms with E-state index in [2.05, 4.69) is 75.7 Å². The molecule has 0 N–H and O–H groups in total. The Balaban J connectivity index is 1.17. The van der Waals surface area contributed by atoms with E-state index in [0.717, 1.165) is 23.7 Å². The van der Waals surface area contributed by atoms with Crippen molar-refractivity contribution >= 4 is 38.1 Å². The predicted octanol–water partition coefficient (Wildman–Crippen LogP) is 12.0. The van der Waals surface area contributed by atoms with Crippen LogP contribution >= 0.6 is 0 Å². The molecule has 0 aliphatic heterocycles. The average Bonchev–Trinajstić information content (AvgIpc) is 3.71. The molecule has 14 rings (SSSR count). The van der Waals surface area contributed by atoms with Crippen molar-refractivity contribution in [2.45, 2.75) is 128 Å². The number of pyridine rings is 2. The van der Waals surface area contributed by atoms with Crippen molar-refractivity contribution in [2.75, 3.05) is 0 Å². The number of nitrogens with zero attached hydrogens (tertiary/aromatic N) is 3. The maximum atomic E-state index is 5.53. The first-order valence-corrected chi connectivity index (χ1v) is 20.3. The second-order valence-electron chi connectivity index (χ2n) is 20.1. The fourth-order valence-corrected chi connectivity index (χ4v) is 15.0. The highest BCUT2D eigenvalue weighted by Gasteiger charge is 2.66. The van der Waals surface area contributed by atoms with E-state index in [1.54, 1.807) is 16.5 Å². The molecule has 5 fully saturated rings. The Bertz CT molecular complexity index is 2490. The summed E-state index contributed by atoms with van der Waals surface area (Å²) in [6, 6.07) is 10.2. The van der Waals surface area contributed by atoms with E-state index in [1.807, 2.05) is 0 Å².